The van der Waals surface area contributed by atoms with E-state index in [1.165, 1.54) is 0 Å². The number of hydrogen-bond donors (Lipinski definition) is 4. The number of aromatic nitrogens is 2. The molecule has 1 unspecified atom stereocenters. The molecular weight excluding hydrogens is 438 g/mol. The topological polar surface area (TPSA) is 182 Å². The van der Waals surface area contributed by atoms with Crippen LogP contribution in [0.5, 0.6) is 0 Å². The number of amides is 1. The van der Waals surface area contributed by atoms with E-state index in [1.54, 1.807) is 0 Å². The van der Waals surface area contributed by atoms with Crippen LogP contribution in [0.2, 0.25) is 19.6 Å². The summed E-state index contributed by atoms with van der Waals surface area (Å²) in [5.74, 6) is -1.25. The van der Waals surface area contributed by atoms with E-state index < -0.39 is 61.0 Å². The summed E-state index contributed by atoms with van der Waals surface area (Å²) in [5.41, 5.74) is 2.04. The molecule has 0 spiro atoms. The van der Waals surface area contributed by atoms with Gasteiger partial charge in [-0.2, -0.15) is 0 Å². The fourth-order valence-electron chi connectivity index (χ4n) is 3.52. The van der Waals surface area contributed by atoms with Crippen LogP contribution in [0.4, 0.5) is 0 Å². The normalized spacial score (nSPS) is 28.5. The Morgan fingerprint density at radius 2 is 1.69 bits per heavy atom. The number of aliphatic hydroxyl groups is 3. The minimum Gasteiger partial charge on any atom is -0.382 e. The number of Topliss-reactive ketones (excluding diaryl/α,β-unsaturated/α-hetero) is 3. The number of hydrogen-bond acceptors (Lipinski definition) is 9. The van der Waals surface area contributed by atoms with Gasteiger partial charge in [0.05, 0.1) is 6.33 Å². The molecular formula is C20H27N3O8Si. The predicted molar refractivity (Wildman–Crippen MR) is 113 cm³/mol. The third kappa shape index (κ3) is 3.93. The van der Waals surface area contributed by atoms with Crippen LogP contribution in [-0.4, -0.2) is 79.6 Å². The molecule has 1 aliphatic rings. The molecule has 0 aliphatic carbocycles. The SMILES string of the molecule is CC(=O)C(O)[C@H]1O[C@@H](n2cnc(C(N)=O)c2C#C[Si](C)(C)C)[C@@](O)(C(C)=O)[C@@]1(O)C(C)=O. The molecule has 2 heterocycles. The summed E-state index contributed by atoms with van der Waals surface area (Å²) >= 11 is 0. The van der Waals surface area contributed by atoms with Crippen LogP contribution < -0.4 is 5.73 Å². The van der Waals surface area contributed by atoms with Gasteiger partial charge in [0, 0.05) is 0 Å². The van der Waals surface area contributed by atoms with Gasteiger partial charge in [0.15, 0.2) is 34.9 Å². The molecule has 11 nitrogen and oxygen atoms in total. The summed E-state index contributed by atoms with van der Waals surface area (Å²) in [7, 11) is -2.00. The summed E-state index contributed by atoms with van der Waals surface area (Å²) in [5, 5.41) is 33.0. The van der Waals surface area contributed by atoms with Crippen LogP contribution in [0, 0.1) is 11.5 Å². The summed E-state index contributed by atoms with van der Waals surface area (Å²) in [4.78, 5) is 52.7. The van der Waals surface area contributed by atoms with E-state index in [-0.39, 0.29) is 11.4 Å². The molecule has 0 saturated carbocycles. The van der Waals surface area contributed by atoms with E-state index in [4.69, 9.17) is 10.5 Å². The van der Waals surface area contributed by atoms with Crippen molar-refractivity contribution in [3.63, 3.8) is 0 Å². The standard InChI is InChI=1S/C20H27N3O8Si/c1-10(24)15(27)16-19(29,11(2)25)20(30,12(3)26)18(31-16)23-9-22-14(17(21)28)13(23)7-8-32(4,5)6/h9,15-16,18,27,29-30H,1-6H3,(H2,21,28)/t15?,16-,18-,19-,20+/m1/s1. The van der Waals surface area contributed by atoms with E-state index in [9.17, 15) is 34.5 Å². The molecule has 5 atom stereocenters. The minimum absolute atomic E-state index is 0.117. The largest absolute Gasteiger partial charge is 0.382 e. The lowest BCUT2D eigenvalue weighted by atomic mass is 9.73. The third-order valence-corrected chi connectivity index (χ3v) is 6.11. The van der Waals surface area contributed by atoms with E-state index in [0.29, 0.717) is 0 Å². The first-order chi connectivity index (χ1) is 14.5. The molecule has 0 aromatic carbocycles. The molecule has 1 saturated heterocycles. The molecule has 2 rings (SSSR count). The van der Waals surface area contributed by atoms with Crippen LogP contribution in [-0.2, 0) is 19.1 Å². The highest BCUT2D eigenvalue weighted by atomic mass is 28.3. The van der Waals surface area contributed by atoms with Crippen molar-refractivity contribution in [2.24, 2.45) is 5.73 Å². The molecule has 32 heavy (non-hydrogen) atoms. The van der Waals surface area contributed by atoms with Crippen molar-refractivity contribution in [2.45, 2.75) is 70.1 Å². The summed E-state index contributed by atoms with van der Waals surface area (Å²) < 4.78 is 6.59. The first-order valence-electron chi connectivity index (χ1n) is 9.70. The lowest BCUT2D eigenvalue weighted by Gasteiger charge is -2.37. The number of aliphatic hydroxyl groups excluding tert-OH is 1. The van der Waals surface area contributed by atoms with E-state index in [2.05, 4.69) is 16.4 Å². The molecule has 12 heteroatoms. The Morgan fingerprint density at radius 3 is 2.09 bits per heavy atom. The molecule has 1 amide bonds. The highest BCUT2D eigenvalue weighted by molar-refractivity contribution is 6.83. The molecule has 1 aromatic rings. The average molecular weight is 466 g/mol. The smallest absolute Gasteiger partial charge is 0.270 e. The van der Waals surface area contributed by atoms with Crippen molar-refractivity contribution in [3.05, 3.63) is 17.7 Å². The van der Waals surface area contributed by atoms with Crippen LogP contribution >= 0.6 is 0 Å². The highest BCUT2D eigenvalue weighted by Crippen LogP contribution is 2.48. The molecule has 0 radical (unpaired) electrons. The van der Waals surface area contributed by atoms with Crippen LogP contribution in [0.15, 0.2) is 6.33 Å². The van der Waals surface area contributed by atoms with Crippen LogP contribution in [0.1, 0.15) is 43.2 Å². The summed E-state index contributed by atoms with van der Waals surface area (Å²) in [6.45, 7) is 8.56. The Hall–Kier alpha value is -2.69. The van der Waals surface area contributed by atoms with Gasteiger partial charge in [0.25, 0.3) is 5.91 Å². The van der Waals surface area contributed by atoms with Crippen LogP contribution in [0.3, 0.4) is 0 Å². The van der Waals surface area contributed by atoms with Gasteiger partial charge in [-0.1, -0.05) is 25.6 Å². The Morgan fingerprint density at radius 1 is 1.16 bits per heavy atom. The number of rotatable bonds is 6. The summed E-state index contributed by atoms with van der Waals surface area (Å²) in [6, 6.07) is 0. The van der Waals surface area contributed by atoms with Crippen molar-refractivity contribution < 1.29 is 39.2 Å². The van der Waals surface area contributed by atoms with Gasteiger partial charge in [-0.25, -0.2) is 4.98 Å². The van der Waals surface area contributed by atoms with E-state index >= 15 is 0 Å². The maximum absolute atomic E-state index is 12.6. The molecule has 5 N–H and O–H groups in total. The van der Waals surface area contributed by atoms with Crippen molar-refractivity contribution in [2.75, 3.05) is 0 Å². The van der Waals surface area contributed by atoms with Crippen molar-refractivity contribution >= 4 is 31.3 Å². The molecule has 1 aromatic heterocycles. The van der Waals surface area contributed by atoms with E-state index in [1.807, 2.05) is 19.6 Å². The second-order valence-electron chi connectivity index (χ2n) is 8.82. The number of carbonyl (C=O) groups is 4. The number of nitrogens with two attached hydrogens (primary N) is 1. The molecule has 174 valence electrons. The Bertz CT molecular complexity index is 1050. The van der Waals surface area contributed by atoms with Gasteiger partial charge in [-0.3, -0.25) is 23.7 Å². The maximum atomic E-state index is 12.6. The molecule has 0 bridgehead atoms. The first kappa shape index (κ1) is 25.6. The predicted octanol–water partition coefficient (Wildman–Crippen LogP) is -1.30. The van der Waals surface area contributed by atoms with Gasteiger partial charge in [0.1, 0.15) is 26.0 Å². The van der Waals surface area contributed by atoms with Crippen molar-refractivity contribution in [1.82, 2.24) is 9.55 Å². The third-order valence-electron chi connectivity index (χ3n) is 5.24. The van der Waals surface area contributed by atoms with E-state index in [0.717, 1.165) is 31.7 Å². The lowest BCUT2D eigenvalue weighted by molar-refractivity contribution is -0.184. The maximum Gasteiger partial charge on any atom is 0.270 e. The first-order valence-corrected chi connectivity index (χ1v) is 13.2. The van der Waals surface area contributed by atoms with Crippen molar-refractivity contribution in [1.29, 1.82) is 0 Å². The zero-order chi connectivity index (χ0) is 24.8. The zero-order valence-corrected chi connectivity index (χ0v) is 19.7. The quantitative estimate of drug-likeness (QED) is 0.293. The zero-order valence-electron chi connectivity index (χ0n) is 18.7. The number of primary amides is 1. The average Bonchev–Trinajstić information content (AvgIpc) is 3.17. The van der Waals surface area contributed by atoms with Gasteiger partial charge in [-0.05, 0) is 20.8 Å². The number of carbonyl (C=O) groups excluding carboxylic acids is 4. The van der Waals surface area contributed by atoms with Gasteiger partial charge < -0.3 is 25.8 Å². The van der Waals surface area contributed by atoms with Crippen molar-refractivity contribution in [3.8, 4) is 11.5 Å². The van der Waals surface area contributed by atoms with Gasteiger partial charge in [0.2, 0.25) is 5.60 Å². The van der Waals surface area contributed by atoms with Gasteiger partial charge in [-0.15, -0.1) is 5.54 Å². The Labute approximate surface area is 185 Å². The van der Waals surface area contributed by atoms with Crippen LogP contribution in [0.25, 0.3) is 0 Å². The minimum atomic E-state index is -2.99. The Balaban J connectivity index is 2.86. The second kappa shape index (κ2) is 8.34. The number of nitrogens with zero attached hydrogens (tertiary/aromatic N) is 2. The fraction of sp³-hybridized carbons (Fsp3) is 0.550. The highest BCUT2D eigenvalue weighted by Gasteiger charge is 2.73. The monoisotopic (exact) mass is 465 g/mol. The number of ether oxygens (including phenoxy) is 1. The van der Waals surface area contributed by atoms with Gasteiger partial charge >= 0.3 is 0 Å². The second-order valence-corrected chi connectivity index (χ2v) is 13.6. The lowest BCUT2D eigenvalue weighted by Crippen LogP contribution is -2.67. The number of imidazole rings is 1. The molecule has 1 aliphatic heterocycles. The number of ketones is 3. The summed E-state index contributed by atoms with van der Waals surface area (Å²) in [6.07, 6.45) is -4.89. The Kier molecular flexibility index (Phi) is 6.66. The molecule has 1 fully saturated rings. The fourth-order valence-corrected chi connectivity index (χ4v) is 4.02.